The van der Waals surface area contributed by atoms with Crippen LogP contribution in [0, 0.1) is 0 Å². The van der Waals surface area contributed by atoms with E-state index in [4.69, 9.17) is 4.42 Å². The van der Waals surface area contributed by atoms with Crippen molar-refractivity contribution < 1.29 is 9.21 Å². The molecule has 0 spiro atoms. The second-order valence-corrected chi connectivity index (χ2v) is 7.21. The maximum atomic E-state index is 13.1. The van der Waals surface area contributed by atoms with Crippen molar-refractivity contribution in [2.24, 2.45) is 0 Å². The standard InChI is InChI=1S/C20H20N4O2S/c25-19(23-10-12-24(13-11-23)20-21-8-4-9-22-20)17-6-1-2-7-18(17)27-15-16-5-3-14-26-16/h1-9,14H,10-13,15H2. The molecular formula is C20H20N4O2S. The predicted octanol–water partition coefficient (Wildman–Crippen LogP) is 3.32. The lowest BCUT2D eigenvalue weighted by Crippen LogP contribution is -2.49. The zero-order valence-corrected chi connectivity index (χ0v) is 15.6. The van der Waals surface area contributed by atoms with Gasteiger partial charge in [0.15, 0.2) is 0 Å². The first kappa shape index (κ1) is 17.6. The Morgan fingerprint density at radius 2 is 1.78 bits per heavy atom. The molecule has 0 saturated carbocycles. The molecule has 2 aromatic heterocycles. The molecule has 138 valence electrons. The normalized spacial score (nSPS) is 14.4. The van der Waals surface area contributed by atoms with E-state index in [0.717, 1.165) is 35.3 Å². The number of anilines is 1. The van der Waals surface area contributed by atoms with Crippen molar-refractivity contribution >= 4 is 23.6 Å². The van der Waals surface area contributed by atoms with E-state index in [1.54, 1.807) is 36.5 Å². The highest BCUT2D eigenvalue weighted by Gasteiger charge is 2.24. The smallest absolute Gasteiger partial charge is 0.255 e. The predicted molar refractivity (Wildman–Crippen MR) is 105 cm³/mol. The van der Waals surface area contributed by atoms with E-state index in [-0.39, 0.29) is 5.91 Å². The number of carbonyl (C=O) groups is 1. The molecule has 1 aromatic carbocycles. The van der Waals surface area contributed by atoms with Crippen LogP contribution >= 0.6 is 11.8 Å². The Balaban J connectivity index is 1.41. The third-order valence-electron chi connectivity index (χ3n) is 4.47. The molecular weight excluding hydrogens is 360 g/mol. The first-order valence-electron chi connectivity index (χ1n) is 8.87. The van der Waals surface area contributed by atoms with Crippen molar-refractivity contribution in [2.75, 3.05) is 31.1 Å². The van der Waals surface area contributed by atoms with E-state index < -0.39 is 0 Å². The van der Waals surface area contributed by atoms with Crippen molar-refractivity contribution in [3.8, 4) is 0 Å². The van der Waals surface area contributed by atoms with Gasteiger partial charge in [-0.15, -0.1) is 11.8 Å². The average Bonchev–Trinajstić information content (AvgIpc) is 3.26. The Morgan fingerprint density at radius 3 is 2.52 bits per heavy atom. The van der Waals surface area contributed by atoms with Gasteiger partial charge in [-0.1, -0.05) is 12.1 Å². The molecule has 7 heteroatoms. The maximum Gasteiger partial charge on any atom is 0.255 e. The molecule has 1 saturated heterocycles. The van der Waals surface area contributed by atoms with Crippen molar-refractivity contribution in [3.63, 3.8) is 0 Å². The van der Waals surface area contributed by atoms with E-state index in [1.807, 2.05) is 41.3 Å². The zero-order valence-electron chi connectivity index (χ0n) is 14.8. The molecule has 1 fully saturated rings. The summed E-state index contributed by atoms with van der Waals surface area (Å²) in [6, 6.07) is 13.4. The lowest BCUT2D eigenvalue weighted by molar-refractivity contribution is 0.0742. The van der Waals surface area contributed by atoms with Crippen LogP contribution in [0.5, 0.6) is 0 Å². The number of piperazine rings is 1. The number of amides is 1. The number of benzene rings is 1. The summed E-state index contributed by atoms with van der Waals surface area (Å²) in [5.41, 5.74) is 0.749. The van der Waals surface area contributed by atoms with Crippen LogP contribution in [0.1, 0.15) is 16.1 Å². The van der Waals surface area contributed by atoms with Gasteiger partial charge in [0.1, 0.15) is 5.76 Å². The third kappa shape index (κ3) is 4.14. The molecule has 3 heterocycles. The molecule has 0 atom stereocenters. The van der Waals surface area contributed by atoms with Gasteiger partial charge in [0.2, 0.25) is 5.95 Å². The molecule has 3 aromatic rings. The SMILES string of the molecule is O=C(c1ccccc1SCc1ccco1)N1CCN(c2ncccn2)CC1. The van der Waals surface area contributed by atoms with Gasteiger partial charge in [-0.2, -0.15) is 0 Å². The highest BCUT2D eigenvalue weighted by Crippen LogP contribution is 2.27. The van der Waals surface area contributed by atoms with E-state index >= 15 is 0 Å². The Morgan fingerprint density at radius 1 is 1.00 bits per heavy atom. The molecule has 0 unspecified atom stereocenters. The molecule has 27 heavy (non-hydrogen) atoms. The van der Waals surface area contributed by atoms with Crippen molar-refractivity contribution in [1.82, 2.24) is 14.9 Å². The molecule has 4 rings (SSSR count). The van der Waals surface area contributed by atoms with Crippen LogP contribution in [0.2, 0.25) is 0 Å². The van der Waals surface area contributed by atoms with Gasteiger partial charge in [-0.3, -0.25) is 4.79 Å². The van der Waals surface area contributed by atoms with E-state index in [0.29, 0.717) is 18.8 Å². The van der Waals surface area contributed by atoms with Gasteiger partial charge in [0, 0.05) is 43.5 Å². The molecule has 1 aliphatic rings. The largest absolute Gasteiger partial charge is 0.468 e. The van der Waals surface area contributed by atoms with Crippen LogP contribution in [-0.2, 0) is 5.75 Å². The summed E-state index contributed by atoms with van der Waals surface area (Å²) in [6.45, 7) is 2.79. The van der Waals surface area contributed by atoms with Crippen LogP contribution in [0.25, 0.3) is 0 Å². The van der Waals surface area contributed by atoms with Crippen LogP contribution < -0.4 is 4.90 Å². The Hall–Kier alpha value is -2.80. The van der Waals surface area contributed by atoms with Gasteiger partial charge in [0.05, 0.1) is 17.6 Å². The molecule has 0 radical (unpaired) electrons. The topological polar surface area (TPSA) is 62.5 Å². The second-order valence-electron chi connectivity index (χ2n) is 6.19. The van der Waals surface area contributed by atoms with E-state index in [9.17, 15) is 4.79 Å². The zero-order chi connectivity index (χ0) is 18.5. The van der Waals surface area contributed by atoms with Crippen molar-refractivity contribution in [2.45, 2.75) is 10.6 Å². The summed E-state index contributed by atoms with van der Waals surface area (Å²) in [5, 5.41) is 0. The highest BCUT2D eigenvalue weighted by atomic mass is 32.2. The minimum atomic E-state index is 0.0752. The summed E-state index contributed by atoms with van der Waals surface area (Å²) in [5.74, 6) is 2.40. The third-order valence-corrected chi connectivity index (χ3v) is 5.57. The number of carbonyl (C=O) groups excluding carboxylic acids is 1. The molecule has 0 bridgehead atoms. The first-order chi connectivity index (χ1) is 13.3. The Bertz CT molecular complexity index is 878. The van der Waals surface area contributed by atoms with Crippen LogP contribution in [0.15, 0.2) is 70.4 Å². The van der Waals surface area contributed by atoms with Gasteiger partial charge in [-0.25, -0.2) is 9.97 Å². The molecule has 1 aliphatic heterocycles. The van der Waals surface area contributed by atoms with E-state index in [2.05, 4.69) is 14.9 Å². The summed E-state index contributed by atoms with van der Waals surface area (Å²) >= 11 is 1.62. The number of furan rings is 1. The number of thioether (sulfide) groups is 1. The van der Waals surface area contributed by atoms with Crippen LogP contribution in [-0.4, -0.2) is 47.0 Å². The fourth-order valence-corrected chi connectivity index (χ4v) is 3.99. The Labute approximate surface area is 162 Å². The second kappa shape index (κ2) is 8.26. The van der Waals surface area contributed by atoms with Crippen molar-refractivity contribution in [1.29, 1.82) is 0 Å². The molecule has 1 amide bonds. The minimum absolute atomic E-state index is 0.0752. The number of hydrogen-bond acceptors (Lipinski definition) is 6. The number of hydrogen-bond donors (Lipinski definition) is 0. The monoisotopic (exact) mass is 380 g/mol. The minimum Gasteiger partial charge on any atom is -0.468 e. The molecule has 0 aliphatic carbocycles. The van der Waals surface area contributed by atoms with Gasteiger partial charge < -0.3 is 14.2 Å². The quantitative estimate of drug-likeness (QED) is 0.633. The fraction of sp³-hybridized carbons (Fsp3) is 0.250. The first-order valence-corrected chi connectivity index (χ1v) is 9.85. The average molecular weight is 380 g/mol. The van der Waals surface area contributed by atoms with Gasteiger partial charge in [-0.05, 0) is 30.3 Å². The maximum absolute atomic E-state index is 13.1. The fourth-order valence-electron chi connectivity index (χ4n) is 3.05. The molecule has 6 nitrogen and oxygen atoms in total. The Kier molecular flexibility index (Phi) is 5.39. The summed E-state index contributed by atoms with van der Waals surface area (Å²) in [4.78, 5) is 26.6. The van der Waals surface area contributed by atoms with E-state index in [1.165, 1.54) is 0 Å². The van der Waals surface area contributed by atoms with Gasteiger partial charge >= 0.3 is 0 Å². The number of aromatic nitrogens is 2. The number of nitrogens with zero attached hydrogens (tertiary/aromatic N) is 4. The van der Waals surface area contributed by atoms with Crippen LogP contribution in [0.3, 0.4) is 0 Å². The summed E-state index contributed by atoms with van der Waals surface area (Å²) in [6.07, 6.45) is 5.15. The highest BCUT2D eigenvalue weighted by molar-refractivity contribution is 7.98. The summed E-state index contributed by atoms with van der Waals surface area (Å²) in [7, 11) is 0. The van der Waals surface area contributed by atoms with Crippen LogP contribution in [0.4, 0.5) is 5.95 Å². The lowest BCUT2D eigenvalue weighted by atomic mass is 10.2. The van der Waals surface area contributed by atoms with Gasteiger partial charge in [0.25, 0.3) is 5.91 Å². The van der Waals surface area contributed by atoms with Crippen molar-refractivity contribution in [3.05, 3.63) is 72.4 Å². The molecule has 0 N–H and O–H groups in total. The lowest BCUT2D eigenvalue weighted by Gasteiger charge is -2.35. The number of rotatable bonds is 5. The summed E-state index contributed by atoms with van der Waals surface area (Å²) < 4.78 is 5.39.